The SMILES string of the molecule is CCCCCCC1CC=C(c2ccc(-c3ccc(OCCCCC)cc3)cc2)CC1. The molecule has 0 spiro atoms. The molecule has 0 amide bonds. The number of hydrogen-bond acceptors (Lipinski definition) is 1. The van der Waals surface area contributed by atoms with Crippen LogP contribution in [0.5, 0.6) is 5.75 Å². The average Bonchev–Trinajstić information content (AvgIpc) is 2.81. The summed E-state index contributed by atoms with van der Waals surface area (Å²) in [4.78, 5) is 0. The van der Waals surface area contributed by atoms with Crippen LogP contribution in [-0.2, 0) is 0 Å². The second kappa shape index (κ2) is 12.6. The second-order valence-electron chi connectivity index (χ2n) is 8.88. The van der Waals surface area contributed by atoms with Gasteiger partial charge in [-0.15, -0.1) is 0 Å². The van der Waals surface area contributed by atoms with Gasteiger partial charge in [0.2, 0.25) is 0 Å². The molecule has 30 heavy (non-hydrogen) atoms. The van der Waals surface area contributed by atoms with E-state index in [1.165, 1.54) is 80.9 Å². The van der Waals surface area contributed by atoms with Crippen LogP contribution < -0.4 is 4.74 Å². The molecule has 0 aromatic heterocycles. The molecular weight excluding hydrogens is 364 g/mol. The zero-order valence-corrected chi connectivity index (χ0v) is 19.2. The van der Waals surface area contributed by atoms with Crippen LogP contribution >= 0.6 is 0 Å². The molecular formula is C29H40O. The minimum Gasteiger partial charge on any atom is -0.494 e. The van der Waals surface area contributed by atoms with Gasteiger partial charge in [0, 0.05) is 0 Å². The van der Waals surface area contributed by atoms with E-state index >= 15 is 0 Å². The Balaban J connectivity index is 1.51. The third kappa shape index (κ3) is 7.04. The quantitative estimate of drug-likeness (QED) is 0.320. The monoisotopic (exact) mass is 404 g/mol. The fraction of sp³-hybridized carbons (Fsp3) is 0.517. The normalized spacial score (nSPS) is 16.3. The van der Waals surface area contributed by atoms with Crippen LogP contribution in [0.25, 0.3) is 16.7 Å². The van der Waals surface area contributed by atoms with Crippen molar-refractivity contribution in [2.75, 3.05) is 6.61 Å². The average molecular weight is 405 g/mol. The first-order chi connectivity index (χ1) is 14.8. The number of rotatable bonds is 12. The van der Waals surface area contributed by atoms with Crippen LogP contribution in [0.4, 0.5) is 0 Å². The first-order valence-electron chi connectivity index (χ1n) is 12.3. The summed E-state index contributed by atoms with van der Waals surface area (Å²) in [5.41, 5.74) is 5.48. The van der Waals surface area contributed by atoms with E-state index in [1.807, 2.05) is 0 Å². The number of unbranched alkanes of at least 4 members (excludes halogenated alkanes) is 5. The maximum Gasteiger partial charge on any atom is 0.119 e. The summed E-state index contributed by atoms with van der Waals surface area (Å²) in [5, 5.41) is 0. The van der Waals surface area contributed by atoms with Crippen molar-refractivity contribution in [3.8, 4) is 16.9 Å². The second-order valence-corrected chi connectivity index (χ2v) is 8.88. The molecule has 1 aliphatic carbocycles. The van der Waals surface area contributed by atoms with Crippen LogP contribution in [0.15, 0.2) is 54.6 Å². The molecule has 0 fully saturated rings. The van der Waals surface area contributed by atoms with Crippen LogP contribution in [0, 0.1) is 5.92 Å². The topological polar surface area (TPSA) is 9.23 Å². The highest BCUT2D eigenvalue weighted by Crippen LogP contribution is 2.33. The van der Waals surface area contributed by atoms with E-state index in [0.717, 1.165) is 24.7 Å². The van der Waals surface area contributed by atoms with Gasteiger partial charge >= 0.3 is 0 Å². The molecule has 2 aromatic rings. The summed E-state index contributed by atoms with van der Waals surface area (Å²) in [6.07, 6.45) is 17.0. The first-order valence-corrected chi connectivity index (χ1v) is 12.3. The summed E-state index contributed by atoms with van der Waals surface area (Å²) in [7, 11) is 0. The first kappa shape index (κ1) is 22.7. The van der Waals surface area contributed by atoms with E-state index in [1.54, 1.807) is 5.57 Å². The maximum atomic E-state index is 5.84. The van der Waals surface area contributed by atoms with Gasteiger partial charge in [0.05, 0.1) is 6.61 Å². The summed E-state index contributed by atoms with van der Waals surface area (Å²) in [6.45, 7) is 5.33. The third-order valence-electron chi connectivity index (χ3n) is 6.45. The molecule has 1 heteroatoms. The smallest absolute Gasteiger partial charge is 0.119 e. The lowest BCUT2D eigenvalue weighted by Gasteiger charge is -2.22. The largest absolute Gasteiger partial charge is 0.494 e. The highest BCUT2D eigenvalue weighted by molar-refractivity contribution is 5.71. The van der Waals surface area contributed by atoms with Gasteiger partial charge in [0.1, 0.15) is 5.75 Å². The Labute approximate surface area is 184 Å². The highest BCUT2D eigenvalue weighted by atomic mass is 16.5. The zero-order valence-electron chi connectivity index (χ0n) is 19.2. The van der Waals surface area contributed by atoms with Gasteiger partial charge in [-0.25, -0.2) is 0 Å². The molecule has 0 bridgehead atoms. The Morgan fingerprint density at radius 3 is 2.00 bits per heavy atom. The van der Waals surface area contributed by atoms with Crippen molar-refractivity contribution in [1.29, 1.82) is 0 Å². The molecule has 1 unspecified atom stereocenters. The fourth-order valence-corrected chi connectivity index (χ4v) is 4.44. The van der Waals surface area contributed by atoms with Crippen molar-refractivity contribution in [1.82, 2.24) is 0 Å². The van der Waals surface area contributed by atoms with E-state index in [0.29, 0.717) is 0 Å². The van der Waals surface area contributed by atoms with Crippen LogP contribution in [0.2, 0.25) is 0 Å². The number of benzene rings is 2. The van der Waals surface area contributed by atoms with E-state index in [9.17, 15) is 0 Å². The molecule has 162 valence electrons. The summed E-state index contributed by atoms with van der Waals surface area (Å²) < 4.78 is 5.84. The molecule has 1 nitrogen and oxygen atoms in total. The molecule has 1 aliphatic rings. The number of hydrogen-bond donors (Lipinski definition) is 0. The maximum absolute atomic E-state index is 5.84. The Morgan fingerprint density at radius 2 is 1.37 bits per heavy atom. The Morgan fingerprint density at radius 1 is 0.733 bits per heavy atom. The van der Waals surface area contributed by atoms with Gasteiger partial charge in [-0.2, -0.15) is 0 Å². The lowest BCUT2D eigenvalue weighted by atomic mass is 9.83. The minimum absolute atomic E-state index is 0.816. The molecule has 3 rings (SSSR count). The summed E-state index contributed by atoms with van der Waals surface area (Å²) >= 11 is 0. The Kier molecular flexibility index (Phi) is 9.54. The zero-order chi connectivity index (χ0) is 21.0. The van der Waals surface area contributed by atoms with E-state index < -0.39 is 0 Å². The van der Waals surface area contributed by atoms with Crippen molar-refractivity contribution in [3.63, 3.8) is 0 Å². The molecule has 0 aliphatic heterocycles. The summed E-state index contributed by atoms with van der Waals surface area (Å²) in [6, 6.07) is 17.7. The van der Waals surface area contributed by atoms with Crippen LogP contribution in [0.1, 0.15) is 90.0 Å². The molecule has 2 aromatic carbocycles. The van der Waals surface area contributed by atoms with Gasteiger partial charge in [-0.05, 0) is 66.0 Å². The molecule has 0 heterocycles. The molecule has 0 N–H and O–H groups in total. The van der Waals surface area contributed by atoms with Crippen molar-refractivity contribution in [2.45, 2.75) is 84.5 Å². The Hall–Kier alpha value is -2.02. The number of allylic oxidation sites excluding steroid dienone is 2. The van der Waals surface area contributed by atoms with Gasteiger partial charge in [0.15, 0.2) is 0 Å². The van der Waals surface area contributed by atoms with Crippen molar-refractivity contribution < 1.29 is 4.74 Å². The fourth-order valence-electron chi connectivity index (χ4n) is 4.44. The Bertz CT molecular complexity index is 754. The van der Waals surface area contributed by atoms with Gasteiger partial charge in [0.25, 0.3) is 0 Å². The van der Waals surface area contributed by atoms with Crippen LogP contribution in [0.3, 0.4) is 0 Å². The lowest BCUT2D eigenvalue weighted by Crippen LogP contribution is -2.05. The highest BCUT2D eigenvalue weighted by Gasteiger charge is 2.15. The molecule has 0 saturated carbocycles. The predicted molar refractivity (Wildman–Crippen MR) is 131 cm³/mol. The minimum atomic E-state index is 0.816. The number of ether oxygens (including phenoxy) is 1. The standard InChI is InChI=1S/C29H40O/c1-3-5-7-8-10-24-11-13-25(14-12-24)26-15-17-27(18-16-26)28-19-21-29(22-20-28)30-23-9-6-4-2/h13,15-22,24H,3-12,14,23H2,1-2H3. The van der Waals surface area contributed by atoms with E-state index in [4.69, 9.17) is 4.74 Å². The van der Waals surface area contributed by atoms with Crippen molar-refractivity contribution in [2.24, 2.45) is 5.92 Å². The molecule has 0 saturated heterocycles. The molecule has 0 radical (unpaired) electrons. The van der Waals surface area contributed by atoms with Gasteiger partial charge in [-0.1, -0.05) is 101 Å². The lowest BCUT2D eigenvalue weighted by molar-refractivity contribution is 0.306. The van der Waals surface area contributed by atoms with Gasteiger partial charge in [-0.3, -0.25) is 0 Å². The van der Waals surface area contributed by atoms with E-state index in [-0.39, 0.29) is 0 Å². The van der Waals surface area contributed by atoms with Crippen molar-refractivity contribution >= 4 is 5.57 Å². The van der Waals surface area contributed by atoms with Gasteiger partial charge < -0.3 is 4.74 Å². The predicted octanol–water partition coefficient (Wildman–Crippen LogP) is 9.08. The molecule has 1 atom stereocenters. The van der Waals surface area contributed by atoms with E-state index in [2.05, 4.69) is 68.5 Å². The summed E-state index contributed by atoms with van der Waals surface area (Å²) in [5.74, 6) is 1.88. The third-order valence-corrected chi connectivity index (χ3v) is 6.45. The van der Waals surface area contributed by atoms with Crippen LogP contribution in [-0.4, -0.2) is 6.61 Å². The van der Waals surface area contributed by atoms with Crippen molar-refractivity contribution in [3.05, 3.63) is 60.2 Å².